The number of thiophene rings is 1. The Morgan fingerprint density at radius 2 is 2.07 bits per heavy atom. The highest BCUT2D eigenvalue weighted by atomic mass is 32.2. The molecule has 5 nitrogen and oxygen atoms in total. The molecule has 1 aliphatic carbocycles. The lowest BCUT2D eigenvalue weighted by Gasteiger charge is -2.13. The first kappa shape index (κ1) is 18.3. The number of rotatable bonds is 5. The first-order valence-electron chi connectivity index (χ1n) is 9.13. The summed E-state index contributed by atoms with van der Waals surface area (Å²) in [7, 11) is 0. The number of thioether (sulfide) groups is 1. The van der Waals surface area contributed by atoms with Crippen molar-refractivity contribution < 1.29 is 4.79 Å². The lowest BCUT2D eigenvalue weighted by molar-refractivity contribution is -0.119. The van der Waals surface area contributed by atoms with Crippen LogP contribution in [0.2, 0.25) is 0 Å². The molecule has 7 heteroatoms. The van der Waals surface area contributed by atoms with Crippen molar-refractivity contribution in [3.8, 4) is 0 Å². The second-order valence-electron chi connectivity index (χ2n) is 6.75. The summed E-state index contributed by atoms with van der Waals surface area (Å²) in [6.07, 6.45) is 4.32. The number of carbonyl (C=O) groups is 1. The number of hydrogen-bond acceptors (Lipinski definition) is 5. The number of hydrogen-bond donors (Lipinski definition) is 2. The van der Waals surface area contributed by atoms with Gasteiger partial charge in [0.1, 0.15) is 4.83 Å². The molecule has 1 amide bonds. The van der Waals surface area contributed by atoms with E-state index in [4.69, 9.17) is 0 Å². The minimum absolute atomic E-state index is 0.0576. The van der Waals surface area contributed by atoms with E-state index in [1.54, 1.807) is 11.3 Å². The molecule has 1 atom stereocenters. The van der Waals surface area contributed by atoms with Crippen LogP contribution in [0.15, 0.2) is 40.3 Å². The predicted molar refractivity (Wildman–Crippen MR) is 111 cm³/mol. The van der Waals surface area contributed by atoms with Crippen molar-refractivity contribution in [3.63, 3.8) is 0 Å². The fourth-order valence-electron chi connectivity index (χ4n) is 3.45. The second-order valence-corrected chi connectivity index (χ2v) is 8.80. The molecule has 140 valence electrons. The number of nitrogens with one attached hydrogen (secondary N) is 2. The number of aryl methyl sites for hydroxylation is 2. The van der Waals surface area contributed by atoms with E-state index in [0.717, 1.165) is 35.0 Å². The molecule has 0 bridgehead atoms. The van der Waals surface area contributed by atoms with Crippen LogP contribution < -0.4 is 10.9 Å². The van der Waals surface area contributed by atoms with Gasteiger partial charge in [0.05, 0.1) is 17.2 Å². The summed E-state index contributed by atoms with van der Waals surface area (Å²) in [4.78, 5) is 34.3. The normalized spacial score (nSPS) is 14.7. The lowest BCUT2D eigenvalue weighted by Crippen LogP contribution is -2.28. The average Bonchev–Trinajstić information content (AvgIpc) is 3.06. The van der Waals surface area contributed by atoms with Crippen LogP contribution in [0, 0.1) is 0 Å². The zero-order valence-electron chi connectivity index (χ0n) is 15.1. The molecular weight excluding hydrogens is 378 g/mol. The highest BCUT2D eigenvalue weighted by molar-refractivity contribution is 7.99. The van der Waals surface area contributed by atoms with E-state index in [2.05, 4.69) is 15.3 Å². The largest absolute Gasteiger partial charge is 0.349 e. The van der Waals surface area contributed by atoms with Gasteiger partial charge in [-0.05, 0) is 43.7 Å². The van der Waals surface area contributed by atoms with Gasteiger partial charge in [0.2, 0.25) is 5.91 Å². The number of benzene rings is 1. The molecule has 0 saturated carbocycles. The molecular formula is C20H21N3O2S2. The Balaban J connectivity index is 1.44. The first-order chi connectivity index (χ1) is 13.1. The number of nitrogens with zero attached hydrogens (tertiary/aromatic N) is 1. The van der Waals surface area contributed by atoms with Crippen LogP contribution in [0.25, 0.3) is 10.2 Å². The van der Waals surface area contributed by atoms with Crippen LogP contribution in [-0.4, -0.2) is 21.6 Å². The third-order valence-electron chi connectivity index (χ3n) is 4.82. The van der Waals surface area contributed by atoms with Crippen molar-refractivity contribution >= 4 is 39.2 Å². The molecule has 1 aromatic carbocycles. The molecule has 1 unspecified atom stereocenters. The SMILES string of the molecule is CC(NC(=O)CSc1nc2sc3c(c2c(=O)[nH]1)CCCC3)c1ccccc1. The molecule has 1 aliphatic rings. The van der Waals surface area contributed by atoms with E-state index in [1.807, 2.05) is 37.3 Å². The fourth-order valence-corrected chi connectivity index (χ4v) is 5.45. The van der Waals surface area contributed by atoms with Gasteiger partial charge in [0.15, 0.2) is 5.16 Å². The molecule has 4 rings (SSSR count). The van der Waals surface area contributed by atoms with Gasteiger partial charge in [0, 0.05) is 4.88 Å². The number of H-pyrrole nitrogens is 1. The maximum Gasteiger partial charge on any atom is 0.260 e. The van der Waals surface area contributed by atoms with Crippen LogP contribution in [0.1, 0.15) is 41.8 Å². The summed E-state index contributed by atoms with van der Waals surface area (Å²) in [5.74, 6) is 0.140. The third kappa shape index (κ3) is 3.94. The molecule has 0 spiro atoms. The van der Waals surface area contributed by atoms with E-state index in [1.165, 1.54) is 28.6 Å². The Morgan fingerprint density at radius 1 is 1.30 bits per heavy atom. The topological polar surface area (TPSA) is 74.8 Å². The number of fused-ring (bicyclic) bond motifs is 3. The molecule has 2 N–H and O–H groups in total. The Bertz CT molecular complexity index is 1030. The van der Waals surface area contributed by atoms with Crippen molar-refractivity contribution in [1.29, 1.82) is 0 Å². The monoisotopic (exact) mass is 399 g/mol. The van der Waals surface area contributed by atoms with Crippen LogP contribution >= 0.6 is 23.1 Å². The number of amides is 1. The predicted octanol–water partition coefficient (Wildman–Crippen LogP) is 3.83. The van der Waals surface area contributed by atoms with Gasteiger partial charge >= 0.3 is 0 Å². The highest BCUT2D eigenvalue weighted by Crippen LogP contribution is 2.34. The van der Waals surface area contributed by atoms with Crippen LogP contribution in [-0.2, 0) is 17.6 Å². The van der Waals surface area contributed by atoms with Crippen molar-refractivity contribution in [2.75, 3.05) is 5.75 Å². The van der Waals surface area contributed by atoms with Crippen molar-refractivity contribution in [2.24, 2.45) is 0 Å². The molecule has 0 fully saturated rings. The second kappa shape index (κ2) is 7.86. The van der Waals surface area contributed by atoms with E-state index in [0.29, 0.717) is 5.16 Å². The fraction of sp³-hybridized carbons (Fsp3) is 0.350. The Kier molecular flexibility index (Phi) is 5.31. The maximum absolute atomic E-state index is 12.5. The minimum atomic E-state index is -0.0834. The average molecular weight is 400 g/mol. The molecule has 3 aromatic rings. The van der Waals surface area contributed by atoms with Gasteiger partial charge in [0.25, 0.3) is 5.56 Å². The van der Waals surface area contributed by atoms with Crippen molar-refractivity contribution in [2.45, 2.75) is 43.8 Å². The smallest absolute Gasteiger partial charge is 0.260 e. The summed E-state index contributed by atoms with van der Waals surface area (Å²) in [5, 5.41) is 4.24. The van der Waals surface area contributed by atoms with Gasteiger partial charge in [-0.25, -0.2) is 4.98 Å². The highest BCUT2D eigenvalue weighted by Gasteiger charge is 2.20. The minimum Gasteiger partial charge on any atom is -0.349 e. The summed E-state index contributed by atoms with van der Waals surface area (Å²) < 4.78 is 0. The molecule has 0 saturated heterocycles. The van der Waals surface area contributed by atoms with Crippen molar-refractivity contribution in [3.05, 3.63) is 56.7 Å². The van der Waals surface area contributed by atoms with Crippen LogP contribution in [0.4, 0.5) is 0 Å². The van der Waals surface area contributed by atoms with Gasteiger partial charge < -0.3 is 10.3 Å². The molecule has 27 heavy (non-hydrogen) atoms. The Morgan fingerprint density at radius 3 is 2.89 bits per heavy atom. The lowest BCUT2D eigenvalue weighted by atomic mass is 9.97. The van der Waals surface area contributed by atoms with E-state index < -0.39 is 0 Å². The zero-order chi connectivity index (χ0) is 18.8. The van der Waals surface area contributed by atoms with Gasteiger partial charge in [-0.1, -0.05) is 42.1 Å². The van der Waals surface area contributed by atoms with E-state index in [-0.39, 0.29) is 23.3 Å². The summed E-state index contributed by atoms with van der Waals surface area (Å²) in [5.41, 5.74) is 2.16. The van der Waals surface area contributed by atoms with Gasteiger partial charge in [-0.15, -0.1) is 11.3 Å². The summed E-state index contributed by atoms with van der Waals surface area (Å²) in [6.45, 7) is 1.96. The van der Waals surface area contributed by atoms with E-state index >= 15 is 0 Å². The van der Waals surface area contributed by atoms with Crippen molar-refractivity contribution in [1.82, 2.24) is 15.3 Å². The molecule has 2 heterocycles. The molecule has 0 aliphatic heterocycles. The quantitative estimate of drug-likeness (QED) is 0.505. The maximum atomic E-state index is 12.5. The number of carbonyl (C=O) groups excluding carboxylic acids is 1. The van der Waals surface area contributed by atoms with Gasteiger partial charge in [-0.2, -0.15) is 0 Å². The summed E-state index contributed by atoms with van der Waals surface area (Å²) >= 11 is 2.89. The first-order valence-corrected chi connectivity index (χ1v) is 10.9. The molecule has 0 radical (unpaired) electrons. The summed E-state index contributed by atoms with van der Waals surface area (Å²) in [6, 6.07) is 9.79. The standard InChI is InChI=1S/C20H21N3O2S2/c1-12(13-7-3-2-4-8-13)21-16(24)11-26-20-22-18(25)17-14-9-5-6-10-15(14)27-19(17)23-20/h2-4,7-8,12H,5-6,9-11H2,1H3,(H,21,24)(H,22,23,25). The third-order valence-corrected chi connectivity index (χ3v) is 6.88. The van der Waals surface area contributed by atoms with Gasteiger partial charge in [-0.3, -0.25) is 9.59 Å². The number of aromatic amines is 1. The zero-order valence-corrected chi connectivity index (χ0v) is 16.7. The van der Waals surface area contributed by atoms with E-state index in [9.17, 15) is 9.59 Å². The Hall–Kier alpha value is -2.12. The Labute approximate surface area is 165 Å². The van der Waals surface area contributed by atoms with Crippen LogP contribution in [0.3, 0.4) is 0 Å². The molecule has 2 aromatic heterocycles. The number of aromatic nitrogens is 2. The van der Waals surface area contributed by atoms with Crippen LogP contribution in [0.5, 0.6) is 0 Å².